The molecule has 4 aliphatic rings. The molecular formula is C28H43ClFN3O5. The summed E-state index contributed by atoms with van der Waals surface area (Å²) >= 11 is 5.84. The number of rotatable bonds is 7. The molecule has 2 heterocycles. The van der Waals surface area contributed by atoms with Gasteiger partial charge in [-0.05, 0) is 56.6 Å². The molecule has 2 aliphatic heterocycles. The summed E-state index contributed by atoms with van der Waals surface area (Å²) in [7, 11) is 1.00. The van der Waals surface area contributed by atoms with Crippen LogP contribution in [-0.4, -0.2) is 98.6 Å². The van der Waals surface area contributed by atoms with Gasteiger partial charge in [0.25, 0.3) is 11.8 Å². The average molecular weight is 556 g/mol. The van der Waals surface area contributed by atoms with Crippen LogP contribution in [0.4, 0.5) is 4.39 Å². The lowest BCUT2D eigenvalue weighted by Gasteiger charge is -2.41. The third-order valence-corrected chi connectivity index (χ3v) is 7.37. The molecule has 2 aliphatic carbocycles. The summed E-state index contributed by atoms with van der Waals surface area (Å²) in [5.41, 5.74) is -0.501. The Morgan fingerprint density at radius 2 is 1.84 bits per heavy atom. The smallest absolute Gasteiger partial charge is 0.272 e. The van der Waals surface area contributed by atoms with Crippen LogP contribution < -0.4 is 0 Å². The van der Waals surface area contributed by atoms with Crippen molar-refractivity contribution in [1.82, 2.24) is 14.7 Å². The van der Waals surface area contributed by atoms with Crippen LogP contribution in [0, 0.1) is 0 Å². The van der Waals surface area contributed by atoms with Crippen LogP contribution >= 0.6 is 11.6 Å². The van der Waals surface area contributed by atoms with E-state index in [4.69, 9.17) is 16.7 Å². The fraction of sp³-hybridized carbons (Fsp3) is 0.643. The molecule has 8 nitrogen and oxygen atoms in total. The van der Waals surface area contributed by atoms with E-state index < -0.39 is 24.2 Å². The number of β-amino-alcohol motifs (C(OH)–C–C–N with tert-alkyl or cyclic N) is 1. The Labute approximate surface area is 230 Å². The highest BCUT2D eigenvalue weighted by molar-refractivity contribution is 6.19. The first-order chi connectivity index (χ1) is 18.3. The van der Waals surface area contributed by atoms with Crippen LogP contribution in [0.5, 0.6) is 0 Å². The predicted molar refractivity (Wildman–Crippen MR) is 147 cm³/mol. The van der Waals surface area contributed by atoms with Gasteiger partial charge in [-0.2, -0.15) is 0 Å². The third-order valence-electron chi connectivity index (χ3n) is 7.21. The maximum Gasteiger partial charge on any atom is 0.272 e. The molecule has 38 heavy (non-hydrogen) atoms. The monoisotopic (exact) mass is 555 g/mol. The highest BCUT2D eigenvalue weighted by Crippen LogP contribution is 2.49. The zero-order valence-electron chi connectivity index (χ0n) is 22.8. The number of fused-ring (bicyclic) bond motifs is 2. The number of alkyl halides is 2. The number of aliphatic hydroxyl groups excluding tert-OH is 2. The van der Waals surface area contributed by atoms with Crippen molar-refractivity contribution in [2.24, 2.45) is 0 Å². The molecule has 0 radical (unpaired) electrons. The SMILES string of the molecule is CC.CO.O=C1/C2=C\CCN(CC(/C=C\CF)=C/CCl)C(O)/C=C/C(=O)N2C2(CCCC2)N1CC1(O)CC1. The van der Waals surface area contributed by atoms with Crippen molar-refractivity contribution < 1.29 is 29.3 Å². The second-order valence-electron chi connectivity index (χ2n) is 9.59. The lowest BCUT2D eigenvalue weighted by molar-refractivity contribution is -0.138. The minimum atomic E-state index is -1.03. The van der Waals surface area contributed by atoms with E-state index >= 15 is 0 Å². The van der Waals surface area contributed by atoms with Gasteiger partial charge in [-0.1, -0.05) is 38.2 Å². The Morgan fingerprint density at radius 3 is 2.42 bits per heavy atom. The molecule has 1 spiro atoms. The molecule has 3 fully saturated rings. The number of allylic oxidation sites excluding steroid dienone is 2. The van der Waals surface area contributed by atoms with Gasteiger partial charge in [0, 0.05) is 32.2 Å². The van der Waals surface area contributed by atoms with Crippen molar-refractivity contribution in [2.45, 2.75) is 76.3 Å². The molecule has 4 rings (SSSR count). The van der Waals surface area contributed by atoms with Crippen LogP contribution in [0.3, 0.4) is 0 Å². The van der Waals surface area contributed by atoms with Crippen molar-refractivity contribution >= 4 is 23.4 Å². The van der Waals surface area contributed by atoms with Gasteiger partial charge in [0.1, 0.15) is 24.3 Å². The van der Waals surface area contributed by atoms with E-state index in [1.807, 2.05) is 13.8 Å². The van der Waals surface area contributed by atoms with Crippen LogP contribution in [0.2, 0.25) is 0 Å². The number of hydrogen-bond donors (Lipinski definition) is 3. The zero-order chi connectivity index (χ0) is 28.3. The van der Waals surface area contributed by atoms with Crippen molar-refractivity contribution in [3.63, 3.8) is 0 Å². The standard InChI is InChI=1S/C25H33ClFN3O4.C2H6.CH4O/c26-14-9-19(5-3-15-27)17-28-16-4-6-20-23(33)29(18-24(34)12-13-24)25(10-1-2-11-25)30(20)22(32)8-7-21(28)31;2*1-2/h3,5-9,21,31,34H,1-2,4,10-18H2;1-2H3;2H,1H3/b5-3-,8-7+,19-9+,20-6+;;. The highest BCUT2D eigenvalue weighted by atomic mass is 35.5. The summed E-state index contributed by atoms with van der Waals surface area (Å²) in [4.78, 5) is 32.0. The fourth-order valence-corrected chi connectivity index (χ4v) is 5.47. The molecule has 1 atom stereocenters. The average Bonchev–Trinajstić information content (AvgIpc) is 3.38. The Morgan fingerprint density at radius 1 is 1.18 bits per heavy atom. The maximum absolute atomic E-state index is 13.5. The van der Waals surface area contributed by atoms with Gasteiger partial charge in [0.15, 0.2) is 0 Å². The van der Waals surface area contributed by atoms with E-state index in [0.29, 0.717) is 50.9 Å². The minimum Gasteiger partial charge on any atom is -0.400 e. The lowest BCUT2D eigenvalue weighted by Crippen LogP contribution is -2.55. The van der Waals surface area contributed by atoms with E-state index in [0.717, 1.165) is 25.5 Å². The van der Waals surface area contributed by atoms with Crippen molar-refractivity contribution in [2.75, 3.05) is 39.3 Å². The molecule has 3 N–H and O–H groups in total. The molecule has 0 aromatic rings. The Balaban J connectivity index is 0.00000121. The van der Waals surface area contributed by atoms with Gasteiger partial charge < -0.3 is 20.2 Å². The van der Waals surface area contributed by atoms with E-state index in [2.05, 4.69) is 0 Å². The van der Waals surface area contributed by atoms with Crippen molar-refractivity contribution in [1.29, 1.82) is 0 Å². The lowest BCUT2D eigenvalue weighted by atomic mass is 10.0. The van der Waals surface area contributed by atoms with Gasteiger partial charge in [0.2, 0.25) is 0 Å². The van der Waals surface area contributed by atoms with Gasteiger partial charge >= 0.3 is 0 Å². The molecule has 1 unspecified atom stereocenters. The first-order valence-corrected chi connectivity index (χ1v) is 14.0. The molecular weight excluding hydrogens is 513 g/mol. The van der Waals surface area contributed by atoms with E-state index in [1.54, 1.807) is 32.9 Å². The molecule has 2 amide bonds. The van der Waals surface area contributed by atoms with Gasteiger partial charge in [0.05, 0.1) is 12.1 Å². The minimum absolute atomic E-state index is 0.217. The number of hydrogen-bond acceptors (Lipinski definition) is 6. The molecule has 10 heteroatoms. The van der Waals surface area contributed by atoms with Gasteiger partial charge in [-0.25, -0.2) is 4.39 Å². The third kappa shape index (κ3) is 7.33. The van der Waals surface area contributed by atoms with Crippen molar-refractivity contribution in [3.8, 4) is 0 Å². The Bertz CT molecular complexity index is 925. The predicted octanol–water partition coefficient (Wildman–Crippen LogP) is 3.24. The normalized spacial score (nSPS) is 26.8. The highest BCUT2D eigenvalue weighted by Gasteiger charge is 2.59. The second kappa shape index (κ2) is 14.9. The van der Waals surface area contributed by atoms with Gasteiger partial charge in [-0.15, -0.1) is 11.6 Å². The van der Waals surface area contributed by atoms with Crippen LogP contribution in [0.25, 0.3) is 0 Å². The fourth-order valence-electron chi connectivity index (χ4n) is 5.27. The molecule has 2 saturated carbocycles. The van der Waals surface area contributed by atoms with E-state index in [1.165, 1.54) is 18.2 Å². The number of nitrogens with zero attached hydrogens (tertiary/aromatic N) is 3. The summed E-state index contributed by atoms with van der Waals surface area (Å²) in [5, 5.41) is 28.4. The molecule has 0 bridgehead atoms. The molecule has 0 aromatic carbocycles. The first-order valence-electron chi connectivity index (χ1n) is 13.4. The first kappa shape index (κ1) is 32.2. The largest absolute Gasteiger partial charge is 0.400 e. The molecule has 1 saturated heterocycles. The number of halogens is 2. The van der Waals surface area contributed by atoms with E-state index in [9.17, 15) is 24.2 Å². The van der Waals surface area contributed by atoms with E-state index in [-0.39, 0.29) is 24.2 Å². The Kier molecular flexibility index (Phi) is 12.6. The summed E-state index contributed by atoms with van der Waals surface area (Å²) < 4.78 is 12.6. The maximum atomic E-state index is 13.5. The topological polar surface area (TPSA) is 105 Å². The Hall–Kier alpha value is -2.04. The van der Waals surface area contributed by atoms with Crippen molar-refractivity contribution in [3.05, 3.63) is 47.7 Å². The molecule has 0 aromatic heterocycles. The zero-order valence-corrected chi connectivity index (χ0v) is 23.5. The van der Waals surface area contributed by atoms with Crippen LogP contribution in [0.1, 0.15) is 58.8 Å². The number of amides is 2. The second-order valence-corrected chi connectivity index (χ2v) is 9.90. The summed E-state index contributed by atoms with van der Waals surface area (Å²) in [6, 6.07) is 0. The summed E-state index contributed by atoms with van der Waals surface area (Å²) in [6.45, 7) is 4.37. The number of aliphatic hydroxyl groups is 3. The van der Waals surface area contributed by atoms with Crippen LogP contribution in [-0.2, 0) is 9.59 Å². The number of carbonyl (C=O) groups is 2. The van der Waals surface area contributed by atoms with Gasteiger partial charge in [-0.3, -0.25) is 19.4 Å². The quantitative estimate of drug-likeness (QED) is 0.329. The summed E-state index contributed by atoms with van der Waals surface area (Å²) in [6.07, 6.45) is 13.2. The number of carbonyl (C=O) groups excluding carboxylic acids is 2. The summed E-state index contributed by atoms with van der Waals surface area (Å²) in [5.74, 6) is -0.311. The van der Waals surface area contributed by atoms with Crippen LogP contribution in [0.15, 0.2) is 47.7 Å². The molecule has 214 valence electrons.